The minimum atomic E-state index is -0.207. The van der Waals surface area contributed by atoms with Gasteiger partial charge in [0.1, 0.15) is 11.5 Å². The number of carbonyl (C=O) groups excluding carboxylic acids is 1. The first-order valence-corrected chi connectivity index (χ1v) is 13.9. The third kappa shape index (κ3) is 6.89. The molecule has 2 aromatic carbocycles. The number of benzene rings is 2. The molecule has 3 heterocycles. The highest BCUT2D eigenvalue weighted by Crippen LogP contribution is 2.25. The van der Waals surface area contributed by atoms with Gasteiger partial charge in [-0.1, -0.05) is 0 Å². The van der Waals surface area contributed by atoms with Gasteiger partial charge in [-0.05, 0) is 86.5 Å². The van der Waals surface area contributed by atoms with Crippen molar-refractivity contribution >= 4 is 11.7 Å². The van der Waals surface area contributed by atoms with E-state index in [1.54, 1.807) is 13.2 Å². The zero-order valence-corrected chi connectivity index (χ0v) is 23.3. The quantitative estimate of drug-likeness (QED) is 0.315. The lowest BCUT2D eigenvalue weighted by Gasteiger charge is -2.31. The Balaban J connectivity index is 1.10. The van der Waals surface area contributed by atoms with Gasteiger partial charge in [-0.15, -0.1) is 10.2 Å². The van der Waals surface area contributed by atoms with Crippen LogP contribution in [0, 0.1) is 5.92 Å². The Morgan fingerprint density at radius 2 is 1.54 bits per heavy atom. The molecule has 0 bridgehead atoms. The number of hydrogen-bond donors (Lipinski definition) is 1. The predicted molar refractivity (Wildman–Crippen MR) is 157 cm³/mol. The molecule has 10 heteroatoms. The van der Waals surface area contributed by atoms with Crippen LogP contribution < -0.4 is 25.2 Å². The number of nitrogens with one attached hydrogen (secondary N) is 1. The normalized spacial score (nSPS) is 13.6. The summed E-state index contributed by atoms with van der Waals surface area (Å²) in [5.74, 6) is 2.30. The molecule has 1 aliphatic heterocycles. The molecule has 41 heavy (non-hydrogen) atoms. The second kappa shape index (κ2) is 13.1. The summed E-state index contributed by atoms with van der Waals surface area (Å²) in [7, 11) is 1.64. The molecule has 1 N–H and O–H groups in total. The van der Waals surface area contributed by atoms with Crippen molar-refractivity contribution in [2.75, 3.05) is 38.3 Å². The lowest BCUT2D eigenvalue weighted by atomic mass is 9.96. The fourth-order valence-electron chi connectivity index (χ4n) is 4.86. The lowest BCUT2D eigenvalue weighted by molar-refractivity contribution is -0.125. The van der Waals surface area contributed by atoms with E-state index < -0.39 is 0 Å². The highest BCUT2D eigenvalue weighted by molar-refractivity contribution is 5.79. The first kappa shape index (κ1) is 27.8. The van der Waals surface area contributed by atoms with Crippen molar-refractivity contribution in [2.24, 2.45) is 5.92 Å². The van der Waals surface area contributed by atoms with Crippen molar-refractivity contribution in [1.29, 1.82) is 0 Å². The third-order valence-corrected chi connectivity index (χ3v) is 7.18. The number of nitrogens with zero attached hydrogens (tertiary/aromatic N) is 5. The molecule has 0 atom stereocenters. The molecule has 0 unspecified atom stereocenters. The number of hydrogen-bond acceptors (Lipinski definition) is 8. The van der Waals surface area contributed by atoms with Gasteiger partial charge in [0.15, 0.2) is 5.82 Å². The maximum atomic E-state index is 12.9. The maximum absolute atomic E-state index is 12.9. The van der Waals surface area contributed by atoms with Gasteiger partial charge in [0.2, 0.25) is 5.91 Å². The second-order valence-corrected chi connectivity index (χ2v) is 9.79. The molecular formula is C31H34N6O4. The minimum Gasteiger partial charge on any atom is -0.497 e. The van der Waals surface area contributed by atoms with Crippen molar-refractivity contribution in [3.63, 3.8) is 0 Å². The van der Waals surface area contributed by atoms with Crippen LogP contribution in [0.25, 0.3) is 22.5 Å². The Bertz CT molecular complexity index is 1500. The second-order valence-electron chi connectivity index (χ2n) is 9.79. The Labute approximate surface area is 238 Å². The highest BCUT2D eigenvalue weighted by atomic mass is 16.5. The first-order valence-electron chi connectivity index (χ1n) is 13.9. The Hall–Kier alpha value is -4.73. The molecule has 1 amide bonds. The number of anilines is 1. The molecule has 0 aliphatic carbocycles. The van der Waals surface area contributed by atoms with Crippen LogP contribution in [0.4, 0.5) is 5.82 Å². The van der Waals surface area contributed by atoms with E-state index in [1.807, 2.05) is 67.6 Å². The van der Waals surface area contributed by atoms with E-state index in [0.29, 0.717) is 25.4 Å². The van der Waals surface area contributed by atoms with Crippen LogP contribution in [-0.2, 0) is 11.3 Å². The standard InChI is InChI=1S/C31H34N6O4/c1-3-41-26-10-6-23(7-11-26)28-13-15-30(38)37(35-28)21-18-32-31(39)24-16-19-36(20-17-24)29-14-12-27(33-34-29)22-4-8-25(40-2)9-5-22/h4-15,24H,3,16-21H2,1-2H3,(H,32,39). The largest absolute Gasteiger partial charge is 0.497 e. The van der Waals surface area contributed by atoms with Gasteiger partial charge in [0.05, 0.1) is 31.6 Å². The van der Waals surface area contributed by atoms with Crippen molar-refractivity contribution in [2.45, 2.75) is 26.3 Å². The third-order valence-electron chi connectivity index (χ3n) is 7.18. The zero-order chi connectivity index (χ0) is 28.6. The molecule has 0 saturated carbocycles. The van der Waals surface area contributed by atoms with Crippen molar-refractivity contribution < 1.29 is 14.3 Å². The lowest BCUT2D eigenvalue weighted by Crippen LogP contribution is -2.42. The van der Waals surface area contributed by atoms with E-state index in [1.165, 1.54) is 10.7 Å². The number of methoxy groups -OCH3 is 1. The van der Waals surface area contributed by atoms with E-state index in [4.69, 9.17) is 9.47 Å². The molecule has 2 aromatic heterocycles. The van der Waals surface area contributed by atoms with Gasteiger partial charge < -0.3 is 19.7 Å². The first-order chi connectivity index (χ1) is 20.0. The highest BCUT2D eigenvalue weighted by Gasteiger charge is 2.25. The van der Waals surface area contributed by atoms with E-state index in [0.717, 1.165) is 60.1 Å². The van der Waals surface area contributed by atoms with Crippen LogP contribution in [0.15, 0.2) is 77.6 Å². The van der Waals surface area contributed by atoms with E-state index >= 15 is 0 Å². The molecule has 0 spiro atoms. The van der Waals surface area contributed by atoms with Crippen LogP contribution in [0.3, 0.4) is 0 Å². The number of aromatic nitrogens is 4. The molecule has 10 nitrogen and oxygen atoms in total. The number of carbonyl (C=O) groups is 1. The molecule has 212 valence electrons. The monoisotopic (exact) mass is 554 g/mol. The van der Waals surface area contributed by atoms with Crippen LogP contribution in [-0.4, -0.2) is 59.2 Å². The van der Waals surface area contributed by atoms with Gasteiger partial charge in [-0.2, -0.15) is 5.10 Å². The van der Waals surface area contributed by atoms with Crippen LogP contribution in [0.5, 0.6) is 11.5 Å². The Kier molecular flexibility index (Phi) is 8.88. The van der Waals surface area contributed by atoms with E-state index in [-0.39, 0.29) is 17.4 Å². The van der Waals surface area contributed by atoms with Gasteiger partial charge >= 0.3 is 0 Å². The molecule has 0 radical (unpaired) electrons. The zero-order valence-electron chi connectivity index (χ0n) is 23.3. The van der Waals surface area contributed by atoms with Gasteiger partial charge in [0.25, 0.3) is 5.56 Å². The molecule has 1 aliphatic rings. The molecule has 5 rings (SSSR count). The number of piperidine rings is 1. The summed E-state index contributed by atoms with van der Waals surface area (Å²) in [6.07, 6.45) is 1.44. The molecule has 1 saturated heterocycles. The number of amides is 1. The van der Waals surface area contributed by atoms with Crippen molar-refractivity contribution in [3.05, 3.63) is 83.2 Å². The summed E-state index contributed by atoms with van der Waals surface area (Å²) in [6.45, 7) is 4.61. The smallest absolute Gasteiger partial charge is 0.266 e. The predicted octanol–water partition coefficient (Wildman–Crippen LogP) is 3.81. The molecule has 4 aromatic rings. The van der Waals surface area contributed by atoms with Crippen molar-refractivity contribution in [1.82, 2.24) is 25.3 Å². The molecular weight excluding hydrogens is 520 g/mol. The fourth-order valence-corrected chi connectivity index (χ4v) is 4.86. The number of rotatable bonds is 10. The minimum absolute atomic E-state index is 0.00121. The average molecular weight is 555 g/mol. The van der Waals surface area contributed by atoms with Crippen LogP contribution in [0.2, 0.25) is 0 Å². The van der Waals surface area contributed by atoms with Crippen molar-refractivity contribution in [3.8, 4) is 34.0 Å². The fraction of sp³-hybridized carbons (Fsp3) is 0.323. The van der Waals surface area contributed by atoms with Gasteiger partial charge in [0, 0.05) is 42.7 Å². The Morgan fingerprint density at radius 3 is 2.17 bits per heavy atom. The summed E-state index contributed by atoms with van der Waals surface area (Å²) in [6, 6.07) is 22.4. The van der Waals surface area contributed by atoms with Gasteiger partial charge in [-0.25, -0.2) is 4.68 Å². The maximum Gasteiger partial charge on any atom is 0.266 e. The average Bonchev–Trinajstić information content (AvgIpc) is 3.03. The van der Waals surface area contributed by atoms with E-state index in [9.17, 15) is 9.59 Å². The Morgan fingerprint density at radius 1 is 0.878 bits per heavy atom. The topological polar surface area (TPSA) is 111 Å². The summed E-state index contributed by atoms with van der Waals surface area (Å²) in [5, 5.41) is 16.3. The SMILES string of the molecule is CCOc1ccc(-c2ccc(=O)n(CCNC(=O)C3CCN(c4ccc(-c5ccc(OC)cc5)nn4)CC3)n2)cc1. The summed E-state index contributed by atoms with van der Waals surface area (Å²) in [4.78, 5) is 27.4. The van der Waals surface area contributed by atoms with Crippen LogP contribution in [0.1, 0.15) is 19.8 Å². The van der Waals surface area contributed by atoms with E-state index in [2.05, 4.69) is 25.5 Å². The summed E-state index contributed by atoms with van der Waals surface area (Å²) < 4.78 is 12.1. The summed E-state index contributed by atoms with van der Waals surface area (Å²) in [5.41, 5.74) is 3.13. The summed E-state index contributed by atoms with van der Waals surface area (Å²) >= 11 is 0. The number of ether oxygens (including phenoxy) is 2. The van der Waals surface area contributed by atoms with Crippen LogP contribution >= 0.6 is 0 Å². The van der Waals surface area contributed by atoms with Gasteiger partial charge in [-0.3, -0.25) is 9.59 Å². The molecule has 1 fully saturated rings.